The van der Waals surface area contributed by atoms with Crippen LogP contribution in [0.15, 0.2) is 18.2 Å². The summed E-state index contributed by atoms with van der Waals surface area (Å²) in [6.45, 7) is 9.58. The molecule has 21 heavy (non-hydrogen) atoms. The molecule has 2 aromatic rings. The lowest BCUT2D eigenvalue weighted by atomic mass is 10.0. The molecule has 0 spiro atoms. The van der Waals surface area contributed by atoms with Crippen LogP contribution in [-0.2, 0) is 17.6 Å². The van der Waals surface area contributed by atoms with Gasteiger partial charge in [0.25, 0.3) is 0 Å². The fraction of sp³-hybridized carbons (Fsp3) is 0.556. The summed E-state index contributed by atoms with van der Waals surface area (Å²) < 4.78 is 5.41. The van der Waals surface area contributed by atoms with E-state index >= 15 is 0 Å². The quantitative estimate of drug-likeness (QED) is 0.913. The number of nitrogens with zero attached hydrogens (tertiary/aromatic N) is 1. The number of nitrogens with one attached hydrogen (secondary N) is 1. The van der Waals surface area contributed by atoms with E-state index in [9.17, 15) is 0 Å². The predicted molar refractivity (Wildman–Crippen MR) is 88.0 cm³/mol. The zero-order chi connectivity index (χ0) is 14.7. The van der Waals surface area contributed by atoms with Gasteiger partial charge in [-0.25, -0.2) is 0 Å². The van der Waals surface area contributed by atoms with Crippen molar-refractivity contribution >= 4 is 10.9 Å². The molecule has 0 unspecified atom stereocenters. The summed E-state index contributed by atoms with van der Waals surface area (Å²) in [5, 5.41) is 1.42. The molecule has 3 heteroatoms. The Bertz CT molecular complexity index is 597. The third-order valence-corrected chi connectivity index (χ3v) is 4.60. The fourth-order valence-electron chi connectivity index (χ4n) is 3.28. The van der Waals surface area contributed by atoms with Crippen molar-refractivity contribution < 1.29 is 4.74 Å². The maximum absolute atomic E-state index is 5.41. The average Bonchev–Trinajstić information content (AvgIpc) is 2.83. The molecule has 0 radical (unpaired) electrons. The van der Waals surface area contributed by atoms with Gasteiger partial charge in [0.1, 0.15) is 0 Å². The number of morpholine rings is 1. The van der Waals surface area contributed by atoms with Crippen molar-refractivity contribution in [1.82, 2.24) is 9.88 Å². The minimum atomic E-state index is 0.895. The lowest BCUT2D eigenvalue weighted by molar-refractivity contribution is 0.0375. The summed E-state index contributed by atoms with van der Waals surface area (Å²) in [6.07, 6.45) is 3.49. The first-order valence-electron chi connectivity index (χ1n) is 8.18. The number of aromatic amines is 1. The molecule has 3 rings (SSSR count). The summed E-state index contributed by atoms with van der Waals surface area (Å²) in [5.74, 6) is 0. The summed E-state index contributed by atoms with van der Waals surface area (Å²) in [5.41, 5.74) is 5.55. The minimum Gasteiger partial charge on any atom is -0.379 e. The van der Waals surface area contributed by atoms with Gasteiger partial charge >= 0.3 is 0 Å². The largest absolute Gasteiger partial charge is 0.379 e. The maximum atomic E-state index is 5.41. The van der Waals surface area contributed by atoms with E-state index in [-0.39, 0.29) is 0 Å². The molecule has 0 saturated carbocycles. The Morgan fingerprint density at radius 3 is 2.81 bits per heavy atom. The number of H-pyrrole nitrogens is 1. The number of aryl methyl sites for hydroxylation is 3. The van der Waals surface area contributed by atoms with Gasteiger partial charge in [-0.15, -0.1) is 0 Å². The van der Waals surface area contributed by atoms with E-state index in [4.69, 9.17) is 4.74 Å². The zero-order valence-corrected chi connectivity index (χ0v) is 13.2. The molecule has 0 amide bonds. The first-order valence-corrected chi connectivity index (χ1v) is 8.18. The molecular weight excluding hydrogens is 260 g/mol. The minimum absolute atomic E-state index is 0.895. The number of ether oxygens (including phenoxy) is 1. The fourth-order valence-corrected chi connectivity index (χ4v) is 3.28. The van der Waals surface area contributed by atoms with Crippen LogP contribution in [0.2, 0.25) is 0 Å². The molecule has 1 aliphatic rings. The molecular formula is C18H26N2O. The first kappa shape index (κ1) is 14.6. The Morgan fingerprint density at radius 1 is 1.24 bits per heavy atom. The van der Waals surface area contributed by atoms with Gasteiger partial charge in [0.05, 0.1) is 13.2 Å². The number of fused-ring (bicyclic) bond motifs is 1. The molecule has 0 aliphatic carbocycles. The number of rotatable bonds is 5. The van der Waals surface area contributed by atoms with Crippen molar-refractivity contribution in [3.05, 3.63) is 35.0 Å². The van der Waals surface area contributed by atoms with Crippen molar-refractivity contribution in [2.75, 3.05) is 32.8 Å². The molecule has 2 heterocycles. The van der Waals surface area contributed by atoms with Crippen molar-refractivity contribution in [3.63, 3.8) is 0 Å². The summed E-state index contributed by atoms with van der Waals surface area (Å²) in [6, 6.07) is 6.82. The van der Waals surface area contributed by atoms with E-state index in [1.54, 1.807) is 0 Å². The highest BCUT2D eigenvalue weighted by Gasteiger charge is 2.12. The van der Waals surface area contributed by atoms with Crippen molar-refractivity contribution in [1.29, 1.82) is 0 Å². The normalized spacial score (nSPS) is 16.7. The molecule has 1 fully saturated rings. The van der Waals surface area contributed by atoms with Crippen LogP contribution in [0.25, 0.3) is 10.9 Å². The van der Waals surface area contributed by atoms with Gasteiger partial charge in [0.15, 0.2) is 0 Å². The van der Waals surface area contributed by atoms with E-state index in [2.05, 4.69) is 41.9 Å². The maximum Gasteiger partial charge on any atom is 0.0594 e. The van der Waals surface area contributed by atoms with E-state index in [1.165, 1.54) is 40.7 Å². The molecule has 1 saturated heterocycles. The third kappa shape index (κ3) is 3.30. The second-order valence-electron chi connectivity index (χ2n) is 6.02. The van der Waals surface area contributed by atoms with Crippen LogP contribution >= 0.6 is 0 Å². The smallest absolute Gasteiger partial charge is 0.0594 e. The van der Waals surface area contributed by atoms with Gasteiger partial charge in [-0.1, -0.05) is 13.0 Å². The monoisotopic (exact) mass is 286 g/mol. The molecule has 1 aliphatic heterocycles. The number of benzene rings is 1. The van der Waals surface area contributed by atoms with Crippen molar-refractivity contribution in [2.24, 2.45) is 0 Å². The lowest BCUT2D eigenvalue weighted by Crippen LogP contribution is -2.36. The number of aromatic nitrogens is 1. The highest BCUT2D eigenvalue weighted by molar-refractivity contribution is 5.85. The molecule has 1 aromatic heterocycles. The molecule has 1 aromatic carbocycles. The highest BCUT2D eigenvalue weighted by Crippen LogP contribution is 2.25. The van der Waals surface area contributed by atoms with Gasteiger partial charge < -0.3 is 9.72 Å². The Balaban J connectivity index is 1.69. The molecule has 1 N–H and O–H groups in total. The highest BCUT2D eigenvalue weighted by atomic mass is 16.5. The van der Waals surface area contributed by atoms with E-state index in [0.717, 1.165) is 39.1 Å². The Labute approximate surface area is 127 Å². The zero-order valence-electron chi connectivity index (χ0n) is 13.2. The van der Waals surface area contributed by atoms with Gasteiger partial charge in [-0.3, -0.25) is 4.90 Å². The van der Waals surface area contributed by atoms with Gasteiger partial charge in [-0.2, -0.15) is 0 Å². The van der Waals surface area contributed by atoms with Crippen LogP contribution < -0.4 is 0 Å². The molecule has 0 bridgehead atoms. The standard InChI is InChI=1S/C18H26N2O/c1-3-15-6-7-18-17(13-15)16(14(2)19-18)5-4-8-20-9-11-21-12-10-20/h6-7,13,19H,3-5,8-12H2,1-2H3. The van der Waals surface area contributed by atoms with Gasteiger partial charge in [0.2, 0.25) is 0 Å². The van der Waals surface area contributed by atoms with Gasteiger partial charge in [0, 0.05) is 29.7 Å². The first-order chi connectivity index (χ1) is 10.3. The summed E-state index contributed by atoms with van der Waals surface area (Å²) >= 11 is 0. The van der Waals surface area contributed by atoms with E-state index < -0.39 is 0 Å². The Morgan fingerprint density at radius 2 is 2.05 bits per heavy atom. The van der Waals surface area contributed by atoms with Crippen molar-refractivity contribution in [2.45, 2.75) is 33.1 Å². The summed E-state index contributed by atoms with van der Waals surface area (Å²) in [7, 11) is 0. The number of hydrogen-bond donors (Lipinski definition) is 1. The topological polar surface area (TPSA) is 28.3 Å². The SMILES string of the molecule is CCc1ccc2[nH]c(C)c(CCCN3CCOCC3)c2c1. The van der Waals surface area contributed by atoms with E-state index in [0.29, 0.717) is 0 Å². The lowest BCUT2D eigenvalue weighted by Gasteiger charge is -2.26. The van der Waals surface area contributed by atoms with Crippen LogP contribution in [0, 0.1) is 6.92 Å². The number of hydrogen-bond acceptors (Lipinski definition) is 2. The van der Waals surface area contributed by atoms with E-state index in [1.807, 2.05) is 0 Å². The molecule has 3 nitrogen and oxygen atoms in total. The molecule has 0 atom stereocenters. The Kier molecular flexibility index (Phi) is 4.61. The van der Waals surface area contributed by atoms with Crippen LogP contribution in [0.3, 0.4) is 0 Å². The van der Waals surface area contributed by atoms with Crippen LogP contribution in [0.5, 0.6) is 0 Å². The van der Waals surface area contributed by atoms with Crippen LogP contribution in [-0.4, -0.2) is 42.7 Å². The molecule has 114 valence electrons. The van der Waals surface area contributed by atoms with Crippen LogP contribution in [0.4, 0.5) is 0 Å². The predicted octanol–water partition coefficient (Wildman–Crippen LogP) is 3.30. The third-order valence-electron chi connectivity index (χ3n) is 4.60. The van der Waals surface area contributed by atoms with Gasteiger partial charge in [-0.05, 0) is 56.0 Å². The average molecular weight is 286 g/mol. The second-order valence-corrected chi connectivity index (χ2v) is 6.02. The second kappa shape index (κ2) is 6.63. The van der Waals surface area contributed by atoms with Crippen molar-refractivity contribution in [3.8, 4) is 0 Å². The Hall–Kier alpha value is -1.32. The summed E-state index contributed by atoms with van der Waals surface area (Å²) in [4.78, 5) is 6.05. The van der Waals surface area contributed by atoms with Crippen LogP contribution in [0.1, 0.15) is 30.2 Å².